The number of benzene rings is 3. The zero-order valence-electron chi connectivity index (χ0n) is 22.4. The molecule has 6 nitrogen and oxygen atoms in total. The number of Topliss-reactive ketones (excluding diaryl/α,β-unsaturated/α-hetero) is 1. The van der Waals surface area contributed by atoms with Gasteiger partial charge in [0, 0.05) is 10.6 Å². The van der Waals surface area contributed by atoms with Gasteiger partial charge in [0.25, 0.3) is 11.7 Å². The second-order valence-corrected chi connectivity index (χ2v) is 11.3. The lowest BCUT2D eigenvalue weighted by Crippen LogP contribution is -2.29. The SMILES string of the molecule is Cc1cc(/C(O)=C2\C(=O)C(=O)N(c3cc(Cl)ccc3O)C2c2ccc(C(C)(C)C)cc2)ccc1OC(C)C. The third-order valence-corrected chi connectivity index (χ3v) is 6.78. The van der Waals surface area contributed by atoms with Gasteiger partial charge in [-0.1, -0.05) is 56.6 Å². The Bertz CT molecular complexity index is 1430. The Labute approximate surface area is 228 Å². The first-order chi connectivity index (χ1) is 17.8. The minimum atomic E-state index is -0.986. The number of nitrogens with zero attached hydrogens (tertiary/aromatic N) is 1. The van der Waals surface area contributed by atoms with Crippen LogP contribution in [0.25, 0.3) is 5.76 Å². The van der Waals surface area contributed by atoms with Gasteiger partial charge in [-0.15, -0.1) is 0 Å². The Kier molecular flexibility index (Phi) is 7.31. The van der Waals surface area contributed by atoms with Crippen molar-refractivity contribution in [3.8, 4) is 11.5 Å². The molecule has 2 N–H and O–H groups in total. The van der Waals surface area contributed by atoms with Gasteiger partial charge in [0.2, 0.25) is 0 Å². The number of anilines is 1. The first-order valence-electron chi connectivity index (χ1n) is 12.5. The molecule has 0 saturated carbocycles. The molecule has 198 valence electrons. The van der Waals surface area contributed by atoms with Gasteiger partial charge in [-0.3, -0.25) is 14.5 Å². The molecule has 0 bridgehead atoms. The van der Waals surface area contributed by atoms with Crippen molar-refractivity contribution >= 4 is 34.7 Å². The smallest absolute Gasteiger partial charge is 0.300 e. The van der Waals surface area contributed by atoms with E-state index in [9.17, 15) is 19.8 Å². The molecule has 7 heteroatoms. The van der Waals surface area contributed by atoms with E-state index in [-0.39, 0.29) is 39.3 Å². The Balaban J connectivity index is 1.93. The zero-order valence-corrected chi connectivity index (χ0v) is 23.1. The van der Waals surface area contributed by atoms with Gasteiger partial charge in [0.05, 0.1) is 23.4 Å². The van der Waals surface area contributed by atoms with Gasteiger partial charge in [0.1, 0.15) is 17.3 Å². The summed E-state index contributed by atoms with van der Waals surface area (Å²) in [5, 5.41) is 22.4. The maximum absolute atomic E-state index is 13.5. The van der Waals surface area contributed by atoms with E-state index in [0.29, 0.717) is 16.9 Å². The largest absolute Gasteiger partial charge is 0.507 e. The Morgan fingerprint density at radius 2 is 1.66 bits per heavy atom. The van der Waals surface area contributed by atoms with Gasteiger partial charge in [-0.05, 0) is 79.3 Å². The van der Waals surface area contributed by atoms with Crippen LogP contribution in [0.15, 0.2) is 66.2 Å². The van der Waals surface area contributed by atoms with E-state index in [1.165, 1.54) is 23.1 Å². The number of aliphatic hydroxyl groups excluding tert-OH is 1. The number of carbonyl (C=O) groups excluding carboxylic acids is 2. The molecular weight excluding hydrogens is 502 g/mol. The molecule has 3 aromatic carbocycles. The van der Waals surface area contributed by atoms with Crippen LogP contribution >= 0.6 is 11.6 Å². The van der Waals surface area contributed by atoms with E-state index >= 15 is 0 Å². The highest BCUT2D eigenvalue weighted by molar-refractivity contribution is 6.52. The van der Waals surface area contributed by atoms with E-state index < -0.39 is 17.7 Å². The predicted molar refractivity (Wildman–Crippen MR) is 150 cm³/mol. The number of hydrogen-bond acceptors (Lipinski definition) is 5. The van der Waals surface area contributed by atoms with Crippen LogP contribution in [0.4, 0.5) is 5.69 Å². The van der Waals surface area contributed by atoms with Gasteiger partial charge < -0.3 is 14.9 Å². The summed E-state index contributed by atoms with van der Waals surface area (Å²) in [7, 11) is 0. The normalized spacial score (nSPS) is 17.4. The number of rotatable bonds is 5. The second-order valence-electron chi connectivity index (χ2n) is 10.8. The van der Waals surface area contributed by atoms with Gasteiger partial charge >= 0.3 is 0 Å². The van der Waals surface area contributed by atoms with Crippen LogP contribution in [-0.2, 0) is 15.0 Å². The second kappa shape index (κ2) is 10.2. The molecule has 0 spiro atoms. The molecule has 1 aliphatic heterocycles. The molecule has 4 rings (SSSR count). The average molecular weight is 534 g/mol. The fourth-order valence-corrected chi connectivity index (χ4v) is 4.76. The lowest BCUT2D eigenvalue weighted by atomic mass is 9.85. The Morgan fingerprint density at radius 3 is 2.24 bits per heavy atom. The van der Waals surface area contributed by atoms with Crippen LogP contribution in [0.5, 0.6) is 11.5 Å². The van der Waals surface area contributed by atoms with Crippen LogP contribution in [0.3, 0.4) is 0 Å². The fourth-order valence-electron chi connectivity index (χ4n) is 4.59. The number of phenols is 1. The van der Waals surface area contributed by atoms with Crippen molar-refractivity contribution in [2.75, 3.05) is 4.90 Å². The lowest BCUT2D eigenvalue weighted by molar-refractivity contribution is -0.132. The number of ether oxygens (including phenoxy) is 1. The molecule has 38 heavy (non-hydrogen) atoms. The topological polar surface area (TPSA) is 87.1 Å². The highest BCUT2D eigenvalue weighted by Crippen LogP contribution is 2.46. The molecule has 1 unspecified atom stereocenters. The first-order valence-corrected chi connectivity index (χ1v) is 12.8. The maximum Gasteiger partial charge on any atom is 0.300 e. The van der Waals surface area contributed by atoms with Gasteiger partial charge in [-0.25, -0.2) is 0 Å². The Hall–Kier alpha value is -3.77. The number of aryl methyl sites for hydroxylation is 1. The van der Waals surface area contributed by atoms with E-state index in [1.54, 1.807) is 18.2 Å². The van der Waals surface area contributed by atoms with Crippen LogP contribution in [0.2, 0.25) is 5.02 Å². The maximum atomic E-state index is 13.5. The van der Waals surface area contributed by atoms with Crippen molar-refractivity contribution in [3.05, 3.63) is 93.5 Å². The van der Waals surface area contributed by atoms with Crippen LogP contribution in [0.1, 0.15) is 62.9 Å². The standard InChI is InChI=1S/C31H32ClNO5/c1-17(2)38-25-14-9-20(15-18(25)3)28(35)26-27(19-7-10-21(11-8-19)31(4,5)6)33(30(37)29(26)36)23-16-22(32)12-13-24(23)34/h7-17,27,34-35H,1-6H3/b28-26+. The molecule has 0 aliphatic carbocycles. The minimum Gasteiger partial charge on any atom is -0.507 e. The molecule has 3 aromatic rings. The van der Waals surface area contributed by atoms with Crippen LogP contribution < -0.4 is 9.64 Å². The summed E-state index contributed by atoms with van der Waals surface area (Å²) in [6.45, 7) is 12.0. The Morgan fingerprint density at radius 1 is 1.00 bits per heavy atom. The van der Waals surface area contributed by atoms with Crippen LogP contribution in [0, 0.1) is 6.92 Å². The number of carbonyl (C=O) groups is 2. The number of halogens is 1. The van der Waals surface area contributed by atoms with Crippen molar-refractivity contribution in [2.24, 2.45) is 0 Å². The minimum absolute atomic E-state index is 0.0279. The predicted octanol–water partition coefficient (Wildman–Crippen LogP) is 7.07. The molecule has 1 fully saturated rings. The summed E-state index contributed by atoms with van der Waals surface area (Å²) in [6.07, 6.45) is -0.0279. The third kappa shape index (κ3) is 5.14. The molecule has 0 aromatic heterocycles. The van der Waals surface area contributed by atoms with E-state index in [1.807, 2.05) is 45.0 Å². The molecule has 1 saturated heterocycles. The van der Waals surface area contributed by atoms with Crippen molar-refractivity contribution in [1.82, 2.24) is 0 Å². The van der Waals surface area contributed by atoms with Crippen molar-refractivity contribution in [1.29, 1.82) is 0 Å². The number of aliphatic hydroxyl groups is 1. The fraction of sp³-hybridized carbons (Fsp3) is 0.290. The number of ketones is 1. The molecular formula is C31H32ClNO5. The molecule has 1 atom stereocenters. The van der Waals surface area contributed by atoms with E-state index in [0.717, 1.165) is 11.1 Å². The highest BCUT2D eigenvalue weighted by atomic mass is 35.5. The van der Waals surface area contributed by atoms with Crippen molar-refractivity contribution in [2.45, 2.75) is 59.1 Å². The molecule has 1 amide bonds. The highest BCUT2D eigenvalue weighted by Gasteiger charge is 2.47. The molecule has 0 radical (unpaired) electrons. The zero-order chi connectivity index (χ0) is 27.9. The quantitative estimate of drug-likeness (QED) is 0.208. The number of phenolic OH excluding ortho intramolecular Hbond substituents is 1. The van der Waals surface area contributed by atoms with Gasteiger partial charge in [0.15, 0.2) is 0 Å². The summed E-state index contributed by atoms with van der Waals surface area (Å²) in [6, 6.07) is 16.0. The monoisotopic (exact) mass is 533 g/mol. The van der Waals surface area contributed by atoms with Crippen molar-refractivity contribution < 1.29 is 24.5 Å². The van der Waals surface area contributed by atoms with Crippen molar-refractivity contribution in [3.63, 3.8) is 0 Å². The van der Waals surface area contributed by atoms with E-state index in [2.05, 4.69) is 20.8 Å². The van der Waals surface area contributed by atoms with Gasteiger partial charge in [-0.2, -0.15) is 0 Å². The average Bonchev–Trinajstić information content (AvgIpc) is 3.11. The van der Waals surface area contributed by atoms with E-state index in [4.69, 9.17) is 16.3 Å². The first kappa shape index (κ1) is 27.3. The summed E-state index contributed by atoms with van der Waals surface area (Å²) in [5.74, 6) is -1.58. The lowest BCUT2D eigenvalue weighted by Gasteiger charge is -2.27. The summed E-state index contributed by atoms with van der Waals surface area (Å²) < 4.78 is 5.80. The molecule has 1 aliphatic rings. The third-order valence-electron chi connectivity index (χ3n) is 6.54. The number of aromatic hydroxyl groups is 1. The molecule has 1 heterocycles. The number of amides is 1. The summed E-state index contributed by atoms with van der Waals surface area (Å²) >= 11 is 6.20. The summed E-state index contributed by atoms with van der Waals surface area (Å²) in [5.41, 5.74) is 2.73. The summed E-state index contributed by atoms with van der Waals surface area (Å²) in [4.78, 5) is 28.1. The number of hydrogen-bond donors (Lipinski definition) is 2. The van der Waals surface area contributed by atoms with Crippen LogP contribution in [-0.4, -0.2) is 28.0 Å².